The molecular weight excluding hydrogens is 238 g/mol. The van der Waals surface area contributed by atoms with Gasteiger partial charge >= 0.3 is 0 Å². The first-order chi connectivity index (χ1) is 8.84. The SMILES string of the molecule is Cn1c(C(C)(C)C)c(N)c(=O)n1C1CCCCCC1. The van der Waals surface area contributed by atoms with Gasteiger partial charge < -0.3 is 5.73 Å². The van der Waals surface area contributed by atoms with Crippen molar-refractivity contribution in [2.24, 2.45) is 7.05 Å². The molecule has 1 heterocycles. The topological polar surface area (TPSA) is 52.9 Å². The van der Waals surface area contributed by atoms with Crippen LogP contribution in [-0.2, 0) is 12.5 Å². The van der Waals surface area contributed by atoms with Gasteiger partial charge in [0.15, 0.2) is 0 Å². The molecule has 108 valence electrons. The van der Waals surface area contributed by atoms with E-state index in [4.69, 9.17) is 5.73 Å². The molecule has 0 aromatic carbocycles. The van der Waals surface area contributed by atoms with Gasteiger partial charge in [-0.3, -0.25) is 9.48 Å². The van der Waals surface area contributed by atoms with Gasteiger partial charge in [-0.15, -0.1) is 0 Å². The zero-order valence-corrected chi connectivity index (χ0v) is 12.7. The largest absolute Gasteiger partial charge is 0.393 e. The lowest BCUT2D eigenvalue weighted by atomic mass is 9.91. The molecule has 19 heavy (non-hydrogen) atoms. The van der Waals surface area contributed by atoms with E-state index >= 15 is 0 Å². The van der Waals surface area contributed by atoms with Crippen LogP contribution in [0.5, 0.6) is 0 Å². The number of nitrogen functional groups attached to an aromatic ring is 1. The van der Waals surface area contributed by atoms with Crippen molar-refractivity contribution in [3.8, 4) is 0 Å². The summed E-state index contributed by atoms with van der Waals surface area (Å²) in [6.45, 7) is 6.32. The molecule has 0 atom stereocenters. The van der Waals surface area contributed by atoms with E-state index in [0.717, 1.165) is 18.5 Å². The van der Waals surface area contributed by atoms with Gasteiger partial charge in [-0.25, -0.2) is 4.68 Å². The van der Waals surface area contributed by atoms with Crippen LogP contribution in [0, 0.1) is 0 Å². The Morgan fingerprint density at radius 2 is 1.63 bits per heavy atom. The number of anilines is 1. The molecule has 1 aromatic heterocycles. The van der Waals surface area contributed by atoms with Crippen LogP contribution in [-0.4, -0.2) is 9.36 Å². The predicted molar refractivity (Wildman–Crippen MR) is 79.5 cm³/mol. The summed E-state index contributed by atoms with van der Waals surface area (Å²) in [7, 11) is 1.98. The van der Waals surface area contributed by atoms with Gasteiger partial charge in [0.2, 0.25) is 0 Å². The highest BCUT2D eigenvalue weighted by atomic mass is 16.1. The van der Waals surface area contributed by atoms with Crippen molar-refractivity contribution in [2.45, 2.75) is 70.8 Å². The minimum atomic E-state index is -0.103. The third kappa shape index (κ3) is 2.58. The lowest BCUT2D eigenvalue weighted by Gasteiger charge is -2.24. The van der Waals surface area contributed by atoms with Crippen molar-refractivity contribution >= 4 is 5.69 Å². The number of aromatic nitrogens is 2. The van der Waals surface area contributed by atoms with E-state index in [0.29, 0.717) is 11.7 Å². The number of rotatable bonds is 1. The fourth-order valence-corrected chi connectivity index (χ4v) is 3.45. The van der Waals surface area contributed by atoms with Crippen LogP contribution in [0.4, 0.5) is 5.69 Å². The fourth-order valence-electron chi connectivity index (χ4n) is 3.45. The van der Waals surface area contributed by atoms with E-state index in [-0.39, 0.29) is 11.0 Å². The summed E-state index contributed by atoms with van der Waals surface area (Å²) < 4.78 is 3.91. The molecule has 0 saturated heterocycles. The summed E-state index contributed by atoms with van der Waals surface area (Å²) in [6, 6.07) is 0.318. The van der Waals surface area contributed by atoms with Crippen LogP contribution in [0.1, 0.15) is 71.0 Å². The first-order valence-electron chi connectivity index (χ1n) is 7.41. The molecule has 0 bridgehead atoms. The molecule has 1 saturated carbocycles. The maximum atomic E-state index is 12.5. The second-order valence-corrected chi connectivity index (χ2v) is 6.83. The van der Waals surface area contributed by atoms with Crippen molar-refractivity contribution in [2.75, 3.05) is 5.73 Å². The Balaban J connectivity index is 2.49. The Kier molecular flexibility index (Phi) is 3.79. The molecule has 0 aliphatic heterocycles. The number of nitrogens with zero attached hydrogens (tertiary/aromatic N) is 2. The molecule has 0 amide bonds. The van der Waals surface area contributed by atoms with Gasteiger partial charge in [0.25, 0.3) is 5.56 Å². The number of hydrogen-bond donors (Lipinski definition) is 1. The van der Waals surface area contributed by atoms with Gasteiger partial charge in [-0.1, -0.05) is 46.5 Å². The molecule has 1 fully saturated rings. The Morgan fingerprint density at radius 1 is 1.11 bits per heavy atom. The summed E-state index contributed by atoms with van der Waals surface area (Å²) in [5, 5.41) is 0. The minimum Gasteiger partial charge on any atom is -0.393 e. The molecule has 4 nitrogen and oxygen atoms in total. The third-order valence-electron chi connectivity index (χ3n) is 4.22. The van der Waals surface area contributed by atoms with Crippen LogP contribution in [0.2, 0.25) is 0 Å². The van der Waals surface area contributed by atoms with E-state index in [2.05, 4.69) is 20.8 Å². The van der Waals surface area contributed by atoms with Gasteiger partial charge in [-0.2, -0.15) is 0 Å². The minimum absolute atomic E-state index is 0.000625. The van der Waals surface area contributed by atoms with E-state index < -0.39 is 0 Å². The van der Waals surface area contributed by atoms with E-state index in [1.165, 1.54) is 25.7 Å². The molecular formula is C15H27N3O. The van der Waals surface area contributed by atoms with E-state index in [1.54, 1.807) is 0 Å². The van der Waals surface area contributed by atoms with E-state index in [9.17, 15) is 4.79 Å². The molecule has 0 spiro atoms. The Morgan fingerprint density at radius 3 is 2.05 bits per heavy atom. The molecule has 1 aliphatic carbocycles. The predicted octanol–water partition coefficient (Wildman–Crippen LogP) is 2.96. The fraction of sp³-hybridized carbons (Fsp3) is 0.800. The summed E-state index contributed by atoms with van der Waals surface area (Å²) in [5.74, 6) is 0. The number of hydrogen-bond acceptors (Lipinski definition) is 2. The average Bonchev–Trinajstić information content (AvgIpc) is 2.50. The molecule has 1 aliphatic rings. The zero-order chi connectivity index (χ0) is 14.2. The lowest BCUT2D eigenvalue weighted by Crippen LogP contribution is -2.28. The van der Waals surface area contributed by atoms with Crippen LogP contribution in [0.3, 0.4) is 0 Å². The molecule has 0 unspecified atom stereocenters. The lowest BCUT2D eigenvalue weighted by molar-refractivity contribution is 0.336. The van der Waals surface area contributed by atoms with Gasteiger partial charge in [0.05, 0.1) is 11.7 Å². The monoisotopic (exact) mass is 265 g/mol. The maximum Gasteiger partial charge on any atom is 0.290 e. The van der Waals surface area contributed by atoms with Crippen molar-refractivity contribution in [3.05, 3.63) is 16.0 Å². The highest BCUT2D eigenvalue weighted by molar-refractivity contribution is 5.45. The van der Waals surface area contributed by atoms with Crippen LogP contribution < -0.4 is 11.3 Å². The van der Waals surface area contributed by atoms with Crippen molar-refractivity contribution < 1.29 is 0 Å². The number of nitrogens with two attached hydrogens (primary N) is 1. The van der Waals surface area contributed by atoms with Gasteiger partial charge in [0.1, 0.15) is 5.69 Å². The van der Waals surface area contributed by atoms with E-state index in [1.807, 2.05) is 16.4 Å². The summed E-state index contributed by atoms with van der Waals surface area (Å²) >= 11 is 0. The van der Waals surface area contributed by atoms with Crippen molar-refractivity contribution in [3.63, 3.8) is 0 Å². The zero-order valence-electron chi connectivity index (χ0n) is 12.7. The molecule has 2 rings (SSSR count). The first kappa shape index (κ1) is 14.2. The Labute approximate surface area is 115 Å². The highest BCUT2D eigenvalue weighted by Crippen LogP contribution is 2.30. The normalized spacial score (nSPS) is 18.5. The third-order valence-corrected chi connectivity index (χ3v) is 4.22. The van der Waals surface area contributed by atoms with Gasteiger partial charge in [-0.05, 0) is 12.8 Å². The van der Waals surface area contributed by atoms with Crippen molar-refractivity contribution in [1.29, 1.82) is 0 Å². The second kappa shape index (κ2) is 5.06. The first-order valence-corrected chi connectivity index (χ1v) is 7.41. The Bertz CT molecular complexity index is 497. The standard InChI is InChI=1S/C15H27N3O/c1-15(2,3)13-12(16)14(19)18(17(13)4)11-9-7-5-6-8-10-11/h11H,5-10,16H2,1-4H3. The quantitative estimate of drug-likeness (QED) is 0.794. The van der Waals surface area contributed by atoms with Crippen LogP contribution in [0.25, 0.3) is 0 Å². The summed E-state index contributed by atoms with van der Waals surface area (Å²) in [6.07, 6.45) is 7.20. The Hall–Kier alpha value is -1.19. The van der Waals surface area contributed by atoms with Crippen molar-refractivity contribution in [1.82, 2.24) is 9.36 Å². The van der Waals surface area contributed by atoms with Crippen LogP contribution >= 0.6 is 0 Å². The molecule has 2 N–H and O–H groups in total. The molecule has 0 radical (unpaired) electrons. The second-order valence-electron chi connectivity index (χ2n) is 6.83. The summed E-state index contributed by atoms with van der Waals surface area (Å²) in [4.78, 5) is 12.5. The van der Waals surface area contributed by atoms with Crippen LogP contribution in [0.15, 0.2) is 4.79 Å². The molecule has 1 aromatic rings. The highest BCUT2D eigenvalue weighted by Gasteiger charge is 2.28. The summed E-state index contributed by atoms with van der Waals surface area (Å²) in [5.41, 5.74) is 7.37. The maximum absolute atomic E-state index is 12.5. The smallest absolute Gasteiger partial charge is 0.290 e. The molecule has 4 heteroatoms. The average molecular weight is 265 g/mol. The van der Waals surface area contributed by atoms with Gasteiger partial charge in [0, 0.05) is 12.5 Å².